The Morgan fingerprint density at radius 1 is 0.969 bits per heavy atom. The molecule has 32 heavy (non-hydrogen) atoms. The fraction of sp³-hybridized carbons (Fsp3) is 0.222. The van der Waals surface area contributed by atoms with E-state index in [1.165, 1.54) is 11.1 Å². The van der Waals surface area contributed by atoms with Gasteiger partial charge in [0.05, 0.1) is 18.2 Å². The van der Waals surface area contributed by atoms with Crippen molar-refractivity contribution in [3.8, 4) is 22.6 Å². The minimum absolute atomic E-state index is 0.343. The van der Waals surface area contributed by atoms with Crippen LogP contribution in [-0.2, 0) is 13.1 Å². The number of benzene rings is 3. The van der Waals surface area contributed by atoms with E-state index in [0.717, 1.165) is 40.1 Å². The van der Waals surface area contributed by atoms with Gasteiger partial charge in [0.2, 0.25) is 0 Å². The molecule has 0 unspecified atom stereocenters. The lowest BCUT2D eigenvalue weighted by molar-refractivity contribution is 0.0889. The van der Waals surface area contributed by atoms with Crippen molar-refractivity contribution in [1.82, 2.24) is 4.90 Å². The Morgan fingerprint density at radius 2 is 1.72 bits per heavy atom. The lowest BCUT2D eigenvalue weighted by atomic mass is 9.97. The van der Waals surface area contributed by atoms with Gasteiger partial charge in [0.25, 0.3) is 0 Å². The second kappa shape index (κ2) is 8.17. The minimum atomic E-state index is -0.343. The van der Waals surface area contributed by atoms with Crippen molar-refractivity contribution < 1.29 is 13.9 Å². The highest BCUT2D eigenvalue weighted by Crippen LogP contribution is 2.36. The quantitative estimate of drug-likeness (QED) is 0.406. The average molecular weight is 428 g/mol. The Kier molecular flexibility index (Phi) is 5.19. The number of nitrogens with zero attached hydrogens (tertiary/aromatic N) is 1. The van der Waals surface area contributed by atoms with Gasteiger partial charge in [0, 0.05) is 18.5 Å². The predicted octanol–water partition coefficient (Wildman–Crippen LogP) is 5.44. The summed E-state index contributed by atoms with van der Waals surface area (Å²) in [7, 11) is 1.62. The number of hydrogen-bond acceptors (Lipinski definition) is 5. The summed E-state index contributed by atoms with van der Waals surface area (Å²) in [4.78, 5) is 15.3. The second-order valence-electron chi connectivity index (χ2n) is 8.28. The van der Waals surface area contributed by atoms with E-state index in [4.69, 9.17) is 13.9 Å². The lowest BCUT2D eigenvalue weighted by Crippen LogP contribution is -2.31. The molecule has 0 saturated heterocycles. The van der Waals surface area contributed by atoms with Gasteiger partial charge in [-0.3, -0.25) is 4.90 Å². The van der Waals surface area contributed by atoms with E-state index >= 15 is 0 Å². The maximum atomic E-state index is 13.0. The molecular weight excluding hydrogens is 402 g/mol. The van der Waals surface area contributed by atoms with E-state index < -0.39 is 0 Å². The van der Waals surface area contributed by atoms with Crippen LogP contribution in [-0.4, -0.2) is 18.7 Å². The number of ether oxygens (including phenoxy) is 2. The van der Waals surface area contributed by atoms with Crippen molar-refractivity contribution in [2.45, 2.75) is 26.9 Å². The highest BCUT2D eigenvalue weighted by molar-refractivity contribution is 5.90. The first-order valence-electron chi connectivity index (χ1n) is 10.7. The number of hydrogen-bond donors (Lipinski definition) is 0. The summed E-state index contributed by atoms with van der Waals surface area (Å²) < 4.78 is 17.2. The van der Waals surface area contributed by atoms with E-state index in [-0.39, 0.29) is 5.63 Å². The standard InChI is InChI=1S/C27H25NO4/c1-17-4-6-19(7-5-17)14-28-15-23-24(31-16-28)13-12-22-18(2)25(27(29)32-26(22)23)20-8-10-21(30-3)11-9-20/h4-13H,14-16H2,1-3H3. The van der Waals surface area contributed by atoms with Crippen molar-refractivity contribution in [2.75, 3.05) is 13.8 Å². The van der Waals surface area contributed by atoms with Crippen molar-refractivity contribution in [1.29, 1.82) is 0 Å². The molecule has 5 nitrogen and oxygen atoms in total. The Hall–Kier alpha value is -3.57. The molecule has 0 atom stereocenters. The van der Waals surface area contributed by atoms with E-state index in [9.17, 15) is 4.79 Å². The van der Waals surface area contributed by atoms with E-state index in [1.54, 1.807) is 7.11 Å². The molecule has 0 aliphatic carbocycles. The van der Waals surface area contributed by atoms with Crippen LogP contribution in [0.3, 0.4) is 0 Å². The van der Waals surface area contributed by atoms with Gasteiger partial charge in [-0.05, 0) is 54.8 Å². The average Bonchev–Trinajstić information content (AvgIpc) is 2.81. The van der Waals surface area contributed by atoms with Gasteiger partial charge in [0.1, 0.15) is 23.8 Å². The summed E-state index contributed by atoms with van der Waals surface area (Å²) in [6, 6.07) is 19.9. The van der Waals surface area contributed by atoms with Crippen molar-refractivity contribution in [3.63, 3.8) is 0 Å². The number of rotatable bonds is 4. The molecule has 0 radical (unpaired) electrons. The molecule has 5 heteroatoms. The normalized spacial score (nSPS) is 13.6. The molecule has 1 aliphatic heterocycles. The zero-order chi connectivity index (χ0) is 22.2. The molecular formula is C27H25NO4. The van der Waals surface area contributed by atoms with Crippen molar-refractivity contribution in [2.24, 2.45) is 0 Å². The third kappa shape index (κ3) is 3.65. The van der Waals surface area contributed by atoms with Crippen LogP contribution in [0.1, 0.15) is 22.3 Å². The van der Waals surface area contributed by atoms with Crippen LogP contribution in [0.5, 0.6) is 11.5 Å². The molecule has 1 aromatic heterocycles. The van der Waals surface area contributed by atoms with Gasteiger partial charge in [-0.25, -0.2) is 4.79 Å². The Balaban J connectivity index is 1.53. The fourth-order valence-electron chi connectivity index (χ4n) is 4.31. The second-order valence-corrected chi connectivity index (χ2v) is 8.28. The molecule has 5 rings (SSSR count). The maximum Gasteiger partial charge on any atom is 0.344 e. The van der Waals surface area contributed by atoms with Gasteiger partial charge >= 0.3 is 5.63 Å². The monoisotopic (exact) mass is 427 g/mol. The molecule has 0 saturated carbocycles. The SMILES string of the molecule is COc1ccc(-c2c(C)c3ccc4c(c3oc2=O)CN(Cc2ccc(C)cc2)CO4)cc1. The Bertz CT molecular complexity index is 1340. The Labute approximate surface area is 186 Å². The molecule has 162 valence electrons. The molecule has 4 aromatic rings. The Morgan fingerprint density at radius 3 is 2.44 bits per heavy atom. The van der Waals surface area contributed by atoms with Gasteiger partial charge in [-0.1, -0.05) is 42.0 Å². The lowest BCUT2D eigenvalue weighted by Gasteiger charge is -2.29. The maximum absolute atomic E-state index is 13.0. The van der Waals surface area contributed by atoms with Crippen LogP contribution in [0.4, 0.5) is 0 Å². The molecule has 1 aliphatic rings. The van der Waals surface area contributed by atoms with Gasteiger partial charge in [-0.15, -0.1) is 0 Å². The molecule has 3 aromatic carbocycles. The highest BCUT2D eigenvalue weighted by atomic mass is 16.5. The topological polar surface area (TPSA) is 51.9 Å². The molecule has 0 amide bonds. The number of fused-ring (bicyclic) bond motifs is 3. The summed E-state index contributed by atoms with van der Waals surface area (Å²) in [5.41, 5.74) is 5.94. The summed E-state index contributed by atoms with van der Waals surface area (Å²) in [6.07, 6.45) is 0. The first kappa shape index (κ1) is 20.3. The zero-order valence-corrected chi connectivity index (χ0v) is 18.5. The third-order valence-corrected chi connectivity index (χ3v) is 6.09. The largest absolute Gasteiger partial charge is 0.497 e. The first-order valence-corrected chi connectivity index (χ1v) is 10.7. The first-order chi connectivity index (χ1) is 15.5. The molecule has 0 bridgehead atoms. The van der Waals surface area contributed by atoms with E-state index in [2.05, 4.69) is 36.1 Å². The van der Waals surface area contributed by atoms with Crippen LogP contribution in [0.25, 0.3) is 22.1 Å². The number of aryl methyl sites for hydroxylation is 2. The highest BCUT2D eigenvalue weighted by Gasteiger charge is 2.24. The molecule has 0 spiro atoms. The summed E-state index contributed by atoms with van der Waals surface area (Å²) in [5, 5.41) is 0.926. The third-order valence-electron chi connectivity index (χ3n) is 6.09. The van der Waals surface area contributed by atoms with Crippen LogP contribution >= 0.6 is 0 Å². The van der Waals surface area contributed by atoms with Crippen LogP contribution in [0.2, 0.25) is 0 Å². The van der Waals surface area contributed by atoms with Gasteiger partial charge < -0.3 is 13.9 Å². The van der Waals surface area contributed by atoms with Crippen LogP contribution in [0, 0.1) is 13.8 Å². The van der Waals surface area contributed by atoms with E-state index in [0.29, 0.717) is 24.4 Å². The summed E-state index contributed by atoms with van der Waals surface area (Å²) in [5.74, 6) is 1.52. The fourth-order valence-corrected chi connectivity index (χ4v) is 4.31. The molecule has 0 N–H and O–H groups in total. The zero-order valence-electron chi connectivity index (χ0n) is 18.5. The number of methoxy groups -OCH3 is 1. The van der Waals surface area contributed by atoms with Crippen LogP contribution in [0.15, 0.2) is 69.9 Å². The summed E-state index contributed by atoms with van der Waals surface area (Å²) >= 11 is 0. The predicted molar refractivity (Wildman–Crippen MR) is 125 cm³/mol. The van der Waals surface area contributed by atoms with Crippen molar-refractivity contribution >= 4 is 11.0 Å². The smallest absolute Gasteiger partial charge is 0.344 e. The summed E-state index contributed by atoms with van der Waals surface area (Å²) in [6.45, 7) is 5.98. The molecule has 2 heterocycles. The van der Waals surface area contributed by atoms with E-state index in [1.807, 2.05) is 43.3 Å². The minimum Gasteiger partial charge on any atom is -0.497 e. The van der Waals surface area contributed by atoms with Gasteiger partial charge in [-0.2, -0.15) is 0 Å². The van der Waals surface area contributed by atoms with Crippen molar-refractivity contribution in [3.05, 3.63) is 93.3 Å². The molecule has 0 fully saturated rings. The van der Waals surface area contributed by atoms with Gasteiger partial charge in [0.15, 0.2) is 0 Å². The van der Waals surface area contributed by atoms with Crippen LogP contribution < -0.4 is 15.1 Å².